The van der Waals surface area contributed by atoms with Gasteiger partial charge in [0.1, 0.15) is 4.90 Å². The molecule has 6 nitrogen and oxygen atoms in total. The van der Waals surface area contributed by atoms with Crippen molar-refractivity contribution in [3.8, 4) is 0 Å². The molecule has 158 valence electrons. The molecule has 0 radical (unpaired) electrons. The number of rotatable bonds is 3. The van der Waals surface area contributed by atoms with E-state index in [1.807, 2.05) is 11.0 Å². The Balaban J connectivity index is 1.50. The third kappa shape index (κ3) is 4.06. The predicted molar refractivity (Wildman–Crippen MR) is 117 cm³/mol. The van der Waals surface area contributed by atoms with Gasteiger partial charge in [-0.2, -0.15) is 8.42 Å². The maximum absolute atomic E-state index is 13.1. The van der Waals surface area contributed by atoms with Gasteiger partial charge in [-0.3, -0.25) is 4.79 Å². The molecule has 0 unspecified atom stereocenters. The number of nitrogens with zero attached hydrogens (tertiary/aromatic N) is 3. The van der Waals surface area contributed by atoms with E-state index in [0.717, 1.165) is 18.4 Å². The SMILES string of the molecule is CN(Cc1ccc(Cl)cc1Cl)C(=O)[C@H]1CCCN(C2=NS(=O)(=O)c3ccccc32)C1. The highest BCUT2D eigenvalue weighted by molar-refractivity contribution is 7.90. The molecule has 1 atom stereocenters. The summed E-state index contributed by atoms with van der Waals surface area (Å²) in [5.41, 5.74) is 1.43. The van der Waals surface area contributed by atoms with Gasteiger partial charge in [-0.1, -0.05) is 41.4 Å². The quantitative estimate of drug-likeness (QED) is 0.690. The summed E-state index contributed by atoms with van der Waals surface area (Å²) < 4.78 is 28.8. The van der Waals surface area contributed by atoms with Crippen molar-refractivity contribution >= 4 is 45.0 Å². The molecule has 2 aliphatic rings. The van der Waals surface area contributed by atoms with Crippen LogP contribution in [0.1, 0.15) is 24.0 Å². The third-order valence-corrected chi connectivity index (χ3v) is 7.39. The molecule has 0 aromatic heterocycles. The molecular weight excluding hydrogens is 445 g/mol. The number of halogens is 2. The molecule has 0 saturated carbocycles. The fourth-order valence-electron chi connectivity index (χ4n) is 3.98. The molecule has 4 rings (SSSR count). The molecule has 2 aliphatic heterocycles. The molecule has 0 aliphatic carbocycles. The molecule has 0 bridgehead atoms. The first kappa shape index (κ1) is 21.2. The molecule has 1 saturated heterocycles. The van der Waals surface area contributed by atoms with Crippen LogP contribution in [0.2, 0.25) is 10.0 Å². The molecule has 2 heterocycles. The van der Waals surface area contributed by atoms with Crippen molar-refractivity contribution in [1.82, 2.24) is 9.80 Å². The Kier molecular flexibility index (Phi) is 5.79. The number of carbonyl (C=O) groups excluding carboxylic acids is 1. The second kappa shape index (κ2) is 8.21. The zero-order chi connectivity index (χ0) is 21.5. The average Bonchev–Trinajstić information content (AvgIpc) is 3.01. The normalized spacial score (nSPS) is 19.9. The van der Waals surface area contributed by atoms with E-state index in [2.05, 4.69) is 4.40 Å². The number of carbonyl (C=O) groups is 1. The summed E-state index contributed by atoms with van der Waals surface area (Å²) in [5.74, 6) is 0.194. The maximum atomic E-state index is 13.1. The molecule has 9 heteroatoms. The second-order valence-corrected chi connectivity index (χ2v) is 10.0. The van der Waals surface area contributed by atoms with Gasteiger partial charge in [0, 0.05) is 42.3 Å². The van der Waals surface area contributed by atoms with E-state index >= 15 is 0 Å². The number of benzene rings is 2. The number of hydrogen-bond acceptors (Lipinski definition) is 4. The van der Waals surface area contributed by atoms with Crippen molar-refractivity contribution in [2.75, 3.05) is 20.1 Å². The molecule has 2 aromatic carbocycles. The lowest BCUT2D eigenvalue weighted by Gasteiger charge is -2.35. The Morgan fingerprint density at radius 1 is 1.23 bits per heavy atom. The number of fused-ring (bicyclic) bond motifs is 1. The largest absolute Gasteiger partial charge is 0.355 e. The van der Waals surface area contributed by atoms with E-state index in [9.17, 15) is 13.2 Å². The number of amides is 1. The second-order valence-electron chi connectivity index (χ2n) is 7.60. The van der Waals surface area contributed by atoms with E-state index in [1.165, 1.54) is 0 Å². The Morgan fingerprint density at radius 2 is 2.00 bits per heavy atom. The summed E-state index contributed by atoms with van der Waals surface area (Å²) in [7, 11) is -1.93. The van der Waals surface area contributed by atoms with Crippen LogP contribution in [-0.4, -0.2) is 50.1 Å². The van der Waals surface area contributed by atoms with Gasteiger partial charge >= 0.3 is 0 Å². The van der Waals surface area contributed by atoms with Gasteiger partial charge in [0.15, 0.2) is 5.84 Å². The van der Waals surface area contributed by atoms with E-state index in [4.69, 9.17) is 23.2 Å². The van der Waals surface area contributed by atoms with Crippen LogP contribution in [0.25, 0.3) is 0 Å². The van der Waals surface area contributed by atoms with E-state index in [-0.39, 0.29) is 16.7 Å². The highest BCUT2D eigenvalue weighted by atomic mass is 35.5. The highest BCUT2D eigenvalue weighted by Crippen LogP contribution is 2.30. The molecule has 1 amide bonds. The summed E-state index contributed by atoms with van der Waals surface area (Å²) in [5, 5.41) is 1.07. The van der Waals surface area contributed by atoms with Crippen molar-refractivity contribution < 1.29 is 13.2 Å². The monoisotopic (exact) mass is 465 g/mol. The first-order valence-corrected chi connectivity index (χ1v) is 11.8. The predicted octanol–water partition coefficient (Wildman–Crippen LogP) is 3.81. The van der Waals surface area contributed by atoms with Crippen LogP contribution in [0.4, 0.5) is 0 Å². The highest BCUT2D eigenvalue weighted by Gasteiger charge is 2.35. The van der Waals surface area contributed by atoms with Crippen LogP contribution in [-0.2, 0) is 21.4 Å². The third-order valence-electron chi connectivity index (χ3n) is 5.48. The van der Waals surface area contributed by atoms with Gasteiger partial charge in [-0.25, -0.2) is 0 Å². The Morgan fingerprint density at radius 3 is 2.77 bits per heavy atom. The van der Waals surface area contributed by atoms with Crippen LogP contribution in [0.3, 0.4) is 0 Å². The number of amidine groups is 1. The van der Waals surface area contributed by atoms with Crippen LogP contribution in [0.5, 0.6) is 0 Å². The Labute approximate surface area is 186 Å². The van der Waals surface area contributed by atoms with Crippen molar-refractivity contribution in [2.45, 2.75) is 24.3 Å². The average molecular weight is 466 g/mol. The minimum Gasteiger partial charge on any atom is -0.355 e. The van der Waals surface area contributed by atoms with Crippen LogP contribution in [0, 0.1) is 5.92 Å². The summed E-state index contributed by atoms with van der Waals surface area (Å²) in [6.45, 7) is 1.48. The zero-order valence-corrected chi connectivity index (χ0v) is 18.7. The maximum Gasteiger partial charge on any atom is 0.285 e. The van der Waals surface area contributed by atoms with Gasteiger partial charge in [-0.15, -0.1) is 4.40 Å². The molecule has 0 spiro atoms. The smallest absolute Gasteiger partial charge is 0.285 e. The van der Waals surface area contributed by atoms with Gasteiger partial charge in [-0.05, 0) is 42.7 Å². The molecule has 0 N–H and O–H groups in total. The summed E-state index contributed by atoms with van der Waals surface area (Å²) in [6, 6.07) is 12.0. The number of sulfonamides is 1. The topological polar surface area (TPSA) is 70.1 Å². The number of piperidine rings is 1. The van der Waals surface area contributed by atoms with Gasteiger partial charge in [0.25, 0.3) is 10.0 Å². The summed E-state index contributed by atoms with van der Waals surface area (Å²) in [4.78, 5) is 16.9. The lowest BCUT2D eigenvalue weighted by molar-refractivity contribution is -0.136. The zero-order valence-electron chi connectivity index (χ0n) is 16.4. The fraction of sp³-hybridized carbons (Fsp3) is 0.333. The van der Waals surface area contributed by atoms with Gasteiger partial charge in [0.05, 0.1) is 5.92 Å². The summed E-state index contributed by atoms with van der Waals surface area (Å²) >= 11 is 12.2. The van der Waals surface area contributed by atoms with E-state index in [1.54, 1.807) is 48.3 Å². The Hall–Kier alpha value is -2.09. The van der Waals surface area contributed by atoms with Crippen molar-refractivity contribution in [1.29, 1.82) is 0 Å². The van der Waals surface area contributed by atoms with Crippen LogP contribution >= 0.6 is 23.2 Å². The summed E-state index contributed by atoms with van der Waals surface area (Å²) in [6.07, 6.45) is 1.53. The van der Waals surface area contributed by atoms with Crippen molar-refractivity contribution in [3.63, 3.8) is 0 Å². The first-order chi connectivity index (χ1) is 14.3. The number of hydrogen-bond donors (Lipinski definition) is 0. The first-order valence-electron chi connectivity index (χ1n) is 9.64. The van der Waals surface area contributed by atoms with E-state index < -0.39 is 10.0 Å². The van der Waals surface area contributed by atoms with Gasteiger partial charge in [0.2, 0.25) is 5.91 Å². The Bertz CT molecular complexity index is 1130. The molecular formula is C21H21Cl2N3O3S. The number of likely N-dealkylation sites (tertiary alicyclic amines) is 1. The fourth-order valence-corrected chi connectivity index (χ4v) is 5.68. The van der Waals surface area contributed by atoms with Gasteiger partial charge < -0.3 is 9.80 Å². The molecule has 2 aromatic rings. The van der Waals surface area contributed by atoms with E-state index in [0.29, 0.717) is 41.1 Å². The van der Waals surface area contributed by atoms with Crippen molar-refractivity contribution in [3.05, 3.63) is 63.6 Å². The molecule has 30 heavy (non-hydrogen) atoms. The van der Waals surface area contributed by atoms with Crippen LogP contribution in [0.15, 0.2) is 51.8 Å². The minimum atomic E-state index is -3.68. The lowest BCUT2D eigenvalue weighted by Crippen LogP contribution is -2.45. The standard InChI is InChI=1S/C21H21Cl2N3O3S/c1-25(12-14-8-9-16(22)11-18(14)23)21(27)15-5-4-10-26(13-15)20-17-6-2-3-7-19(17)30(28,29)24-20/h2-3,6-9,11,15H,4-5,10,12-13H2,1H3/t15-/m0/s1. The van der Waals surface area contributed by atoms with Crippen LogP contribution < -0.4 is 0 Å². The minimum absolute atomic E-state index is 0.000422. The lowest BCUT2D eigenvalue weighted by atomic mass is 9.95. The molecule has 1 fully saturated rings. The van der Waals surface area contributed by atoms with Crippen molar-refractivity contribution in [2.24, 2.45) is 10.3 Å².